The molecule has 0 radical (unpaired) electrons. The predicted octanol–water partition coefficient (Wildman–Crippen LogP) is 2.95. The van der Waals surface area contributed by atoms with E-state index in [2.05, 4.69) is 4.74 Å². The zero-order chi connectivity index (χ0) is 16.0. The number of nitrogens with two attached hydrogens (primary N) is 1. The molecule has 0 aliphatic carbocycles. The van der Waals surface area contributed by atoms with Crippen LogP contribution < -0.4 is 15.2 Å². The monoisotopic (exact) mass is 315 g/mol. The van der Waals surface area contributed by atoms with Gasteiger partial charge >= 0.3 is 5.97 Å². The van der Waals surface area contributed by atoms with E-state index in [0.29, 0.717) is 29.4 Å². The molecule has 2 N–H and O–H groups in total. The largest absolute Gasteiger partial charge is 0.493 e. The number of hydrogen-bond acceptors (Lipinski definition) is 5. The van der Waals surface area contributed by atoms with Crippen LogP contribution in [-0.2, 0) is 9.53 Å². The molecule has 0 aliphatic heterocycles. The van der Waals surface area contributed by atoms with Gasteiger partial charge in [-0.05, 0) is 24.0 Å². The van der Waals surface area contributed by atoms with Gasteiger partial charge in [0.25, 0.3) is 0 Å². The molecular weight excluding hydrogens is 294 g/mol. The Morgan fingerprint density at radius 2 is 1.81 bits per heavy atom. The fourth-order valence-electron chi connectivity index (χ4n) is 2.17. The van der Waals surface area contributed by atoms with Gasteiger partial charge in [-0.3, -0.25) is 4.79 Å². The normalized spacial score (nSPS) is 13.4. The zero-order valence-corrected chi connectivity index (χ0v) is 13.6. The van der Waals surface area contributed by atoms with Crippen molar-refractivity contribution in [2.45, 2.75) is 25.8 Å². The molecule has 0 fully saturated rings. The Hall–Kier alpha value is -1.46. The van der Waals surface area contributed by atoms with Crippen LogP contribution in [-0.4, -0.2) is 27.3 Å². The SMILES string of the molecule is COC(=O)CC(C)CC(N)c1cc(OC)c(OC)cc1Cl. The number of ether oxygens (including phenoxy) is 3. The van der Waals surface area contributed by atoms with Gasteiger partial charge in [-0.15, -0.1) is 0 Å². The van der Waals surface area contributed by atoms with Crippen molar-refractivity contribution >= 4 is 17.6 Å². The molecule has 5 nitrogen and oxygen atoms in total. The lowest BCUT2D eigenvalue weighted by atomic mass is 9.94. The summed E-state index contributed by atoms with van der Waals surface area (Å²) in [7, 11) is 4.48. The van der Waals surface area contributed by atoms with Gasteiger partial charge in [-0.2, -0.15) is 0 Å². The van der Waals surface area contributed by atoms with Crippen LogP contribution in [0.1, 0.15) is 31.4 Å². The Morgan fingerprint density at radius 1 is 1.24 bits per heavy atom. The van der Waals surface area contributed by atoms with Gasteiger partial charge in [0.05, 0.1) is 21.3 Å². The van der Waals surface area contributed by atoms with Crippen LogP contribution >= 0.6 is 11.6 Å². The molecule has 1 aromatic carbocycles. The van der Waals surface area contributed by atoms with Crippen LogP contribution in [0, 0.1) is 5.92 Å². The maximum absolute atomic E-state index is 11.3. The molecule has 2 atom stereocenters. The van der Waals surface area contributed by atoms with E-state index >= 15 is 0 Å². The summed E-state index contributed by atoms with van der Waals surface area (Å²) in [5, 5.41) is 0.519. The second-order valence-electron chi connectivity index (χ2n) is 4.96. The van der Waals surface area contributed by atoms with Gasteiger partial charge in [-0.25, -0.2) is 0 Å². The molecule has 2 unspecified atom stereocenters. The quantitative estimate of drug-likeness (QED) is 0.783. The second kappa shape index (κ2) is 8.10. The average molecular weight is 316 g/mol. The number of esters is 1. The van der Waals surface area contributed by atoms with Crippen LogP contribution in [0.3, 0.4) is 0 Å². The Kier molecular flexibility index (Phi) is 6.78. The van der Waals surface area contributed by atoms with Crippen molar-refractivity contribution in [2.75, 3.05) is 21.3 Å². The molecule has 0 spiro atoms. The van der Waals surface area contributed by atoms with Crippen molar-refractivity contribution in [1.29, 1.82) is 0 Å². The summed E-state index contributed by atoms with van der Waals surface area (Å²) >= 11 is 6.24. The first-order valence-electron chi connectivity index (χ1n) is 6.66. The zero-order valence-electron chi connectivity index (χ0n) is 12.8. The predicted molar refractivity (Wildman–Crippen MR) is 81.9 cm³/mol. The van der Waals surface area contributed by atoms with E-state index in [9.17, 15) is 4.79 Å². The van der Waals surface area contributed by atoms with E-state index in [0.717, 1.165) is 5.56 Å². The number of halogens is 1. The lowest BCUT2D eigenvalue weighted by Crippen LogP contribution is -2.17. The first-order chi connectivity index (χ1) is 9.92. The standard InChI is InChI=1S/C15H22ClNO4/c1-9(6-15(18)21-4)5-12(17)10-7-13(19-2)14(20-3)8-11(10)16/h7-9,12H,5-6,17H2,1-4H3. The van der Waals surface area contributed by atoms with E-state index in [1.54, 1.807) is 26.4 Å². The minimum Gasteiger partial charge on any atom is -0.493 e. The lowest BCUT2D eigenvalue weighted by Gasteiger charge is -2.19. The van der Waals surface area contributed by atoms with Gasteiger partial charge in [0, 0.05) is 23.6 Å². The Labute approximate surface area is 130 Å². The van der Waals surface area contributed by atoms with Gasteiger partial charge in [-0.1, -0.05) is 18.5 Å². The molecule has 118 valence electrons. The van der Waals surface area contributed by atoms with Gasteiger partial charge in [0.1, 0.15) is 0 Å². The third-order valence-corrected chi connectivity index (χ3v) is 3.63. The smallest absolute Gasteiger partial charge is 0.305 e. The summed E-state index contributed by atoms with van der Waals surface area (Å²) in [4.78, 5) is 11.3. The number of rotatable bonds is 7. The highest BCUT2D eigenvalue weighted by Crippen LogP contribution is 2.36. The third kappa shape index (κ3) is 4.79. The molecule has 0 saturated carbocycles. The summed E-state index contributed by atoms with van der Waals surface area (Å²) < 4.78 is 15.1. The molecule has 0 saturated heterocycles. The van der Waals surface area contributed by atoms with E-state index in [1.807, 2.05) is 6.92 Å². The molecule has 0 amide bonds. The Bertz CT molecular complexity index is 493. The van der Waals surface area contributed by atoms with Crippen molar-refractivity contribution in [1.82, 2.24) is 0 Å². The first kappa shape index (κ1) is 17.6. The molecule has 0 aromatic heterocycles. The molecule has 21 heavy (non-hydrogen) atoms. The molecule has 0 aliphatic rings. The Morgan fingerprint density at radius 3 is 2.33 bits per heavy atom. The molecule has 1 aromatic rings. The summed E-state index contributed by atoms with van der Waals surface area (Å²) in [5.41, 5.74) is 6.97. The number of benzene rings is 1. The van der Waals surface area contributed by atoms with Gasteiger partial charge < -0.3 is 19.9 Å². The van der Waals surface area contributed by atoms with Gasteiger partial charge in [0.15, 0.2) is 11.5 Å². The summed E-state index contributed by atoms with van der Waals surface area (Å²) in [5.74, 6) is 0.985. The minimum absolute atomic E-state index is 0.0941. The summed E-state index contributed by atoms with van der Waals surface area (Å²) in [6.45, 7) is 1.95. The summed E-state index contributed by atoms with van der Waals surface area (Å²) in [6.07, 6.45) is 0.944. The van der Waals surface area contributed by atoms with E-state index < -0.39 is 0 Å². The highest BCUT2D eigenvalue weighted by Gasteiger charge is 2.19. The molecular formula is C15H22ClNO4. The summed E-state index contributed by atoms with van der Waals surface area (Å²) in [6, 6.07) is 3.16. The van der Waals surface area contributed by atoms with Crippen LogP contribution in [0.15, 0.2) is 12.1 Å². The van der Waals surface area contributed by atoms with E-state index in [-0.39, 0.29) is 17.9 Å². The number of hydrogen-bond donors (Lipinski definition) is 1. The number of carbonyl (C=O) groups excluding carboxylic acids is 1. The van der Waals surface area contributed by atoms with Crippen molar-refractivity contribution in [3.63, 3.8) is 0 Å². The van der Waals surface area contributed by atoms with Crippen LogP contribution in [0.25, 0.3) is 0 Å². The third-order valence-electron chi connectivity index (χ3n) is 3.30. The van der Waals surface area contributed by atoms with Crippen LogP contribution in [0.4, 0.5) is 0 Å². The van der Waals surface area contributed by atoms with Crippen molar-refractivity contribution < 1.29 is 19.0 Å². The van der Waals surface area contributed by atoms with Crippen molar-refractivity contribution in [3.05, 3.63) is 22.7 Å². The highest BCUT2D eigenvalue weighted by molar-refractivity contribution is 6.31. The topological polar surface area (TPSA) is 70.8 Å². The van der Waals surface area contributed by atoms with Crippen molar-refractivity contribution in [3.8, 4) is 11.5 Å². The van der Waals surface area contributed by atoms with Crippen LogP contribution in [0.5, 0.6) is 11.5 Å². The second-order valence-corrected chi connectivity index (χ2v) is 5.36. The van der Waals surface area contributed by atoms with Crippen molar-refractivity contribution in [2.24, 2.45) is 11.7 Å². The molecule has 0 bridgehead atoms. The lowest BCUT2D eigenvalue weighted by molar-refractivity contribution is -0.141. The van der Waals surface area contributed by atoms with E-state index in [1.165, 1.54) is 7.11 Å². The van der Waals surface area contributed by atoms with Gasteiger partial charge in [0.2, 0.25) is 0 Å². The fourth-order valence-corrected chi connectivity index (χ4v) is 2.46. The maximum Gasteiger partial charge on any atom is 0.305 e. The van der Waals surface area contributed by atoms with E-state index in [4.69, 9.17) is 26.8 Å². The molecule has 1 rings (SSSR count). The molecule has 0 heterocycles. The maximum atomic E-state index is 11.3. The minimum atomic E-state index is -0.294. The molecule has 6 heteroatoms. The number of carbonyl (C=O) groups is 1. The fraction of sp³-hybridized carbons (Fsp3) is 0.533. The number of methoxy groups -OCH3 is 3. The Balaban J connectivity index is 2.86. The first-order valence-corrected chi connectivity index (χ1v) is 7.04. The highest BCUT2D eigenvalue weighted by atomic mass is 35.5. The average Bonchev–Trinajstić information content (AvgIpc) is 2.46. The van der Waals surface area contributed by atoms with Crippen LogP contribution in [0.2, 0.25) is 5.02 Å².